The molecule has 1 heterocycles. The Morgan fingerprint density at radius 1 is 1.44 bits per heavy atom. The molecule has 2 aromatic rings. The average molecular weight is 348 g/mol. The van der Waals surface area contributed by atoms with Gasteiger partial charge in [-0.1, -0.05) is 11.2 Å². The first kappa shape index (κ1) is 16.7. The SMILES string of the molecule is CC(=O)NCCNc1nonc1/C(=N/O)NC1Cc2ccc(F)cc21. The number of rotatable bonds is 6. The number of fused-ring (bicyclic) bond motifs is 1. The van der Waals surface area contributed by atoms with Gasteiger partial charge in [0.05, 0.1) is 6.04 Å². The lowest BCUT2D eigenvalue weighted by Crippen LogP contribution is -2.37. The van der Waals surface area contributed by atoms with Crippen LogP contribution in [0.25, 0.3) is 0 Å². The summed E-state index contributed by atoms with van der Waals surface area (Å²) < 4.78 is 18.0. The van der Waals surface area contributed by atoms with Crippen LogP contribution in [0.3, 0.4) is 0 Å². The van der Waals surface area contributed by atoms with E-state index < -0.39 is 0 Å². The number of hydrogen-bond donors (Lipinski definition) is 4. The highest BCUT2D eigenvalue weighted by Gasteiger charge is 2.29. The van der Waals surface area contributed by atoms with Crippen molar-refractivity contribution >= 4 is 17.6 Å². The second-order valence-electron chi connectivity index (χ2n) is 5.56. The maximum Gasteiger partial charge on any atom is 0.216 e. The summed E-state index contributed by atoms with van der Waals surface area (Å²) in [6.07, 6.45) is 0.672. The lowest BCUT2D eigenvalue weighted by atomic mass is 9.83. The molecule has 1 unspecified atom stereocenters. The third-order valence-electron chi connectivity index (χ3n) is 3.82. The molecule has 9 nitrogen and oxygen atoms in total. The fourth-order valence-corrected chi connectivity index (χ4v) is 2.59. The van der Waals surface area contributed by atoms with E-state index in [0.29, 0.717) is 19.5 Å². The van der Waals surface area contributed by atoms with Crippen LogP contribution in [0.1, 0.15) is 29.8 Å². The van der Waals surface area contributed by atoms with Crippen molar-refractivity contribution < 1.29 is 19.0 Å². The number of carbonyl (C=O) groups is 1. The van der Waals surface area contributed by atoms with Crippen molar-refractivity contribution in [3.63, 3.8) is 0 Å². The molecule has 1 aromatic carbocycles. The Bertz CT molecular complexity index is 806. The van der Waals surface area contributed by atoms with Gasteiger partial charge < -0.3 is 21.2 Å². The van der Waals surface area contributed by atoms with Crippen LogP contribution in [0.5, 0.6) is 0 Å². The molecule has 25 heavy (non-hydrogen) atoms. The molecular formula is C15H17FN6O3. The van der Waals surface area contributed by atoms with Crippen LogP contribution in [-0.4, -0.2) is 40.4 Å². The van der Waals surface area contributed by atoms with E-state index in [-0.39, 0.29) is 35.1 Å². The molecular weight excluding hydrogens is 331 g/mol. The first-order chi connectivity index (χ1) is 12.1. The molecule has 3 rings (SSSR count). The Hall–Kier alpha value is -3.17. The Morgan fingerprint density at radius 3 is 3.04 bits per heavy atom. The number of oxime groups is 1. The number of amides is 1. The monoisotopic (exact) mass is 348 g/mol. The molecule has 0 spiro atoms. The largest absolute Gasteiger partial charge is 0.409 e. The Labute approximate surface area is 142 Å². The summed E-state index contributed by atoms with van der Waals surface area (Å²) in [5, 5.41) is 28.5. The first-order valence-corrected chi connectivity index (χ1v) is 7.66. The van der Waals surface area contributed by atoms with Crippen LogP contribution in [0.2, 0.25) is 0 Å². The molecule has 4 N–H and O–H groups in total. The zero-order chi connectivity index (χ0) is 17.8. The standard InChI is InChI=1S/C15H17FN6O3/c1-8(23)17-4-5-18-14-13(21-25-22-14)15(20-24)19-12-6-9-2-3-10(16)7-11(9)12/h2-3,7,12,24H,4-6H2,1H3,(H,17,23)(H,18,22)(H,19,20). The van der Waals surface area contributed by atoms with E-state index in [2.05, 4.69) is 36.0 Å². The highest BCUT2D eigenvalue weighted by molar-refractivity contribution is 6.00. The van der Waals surface area contributed by atoms with E-state index >= 15 is 0 Å². The number of nitrogens with zero attached hydrogens (tertiary/aromatic N) is 3. The molecule has 0 fully saturated rings. The zero-order valence-electron chi connectivity index (χ0n) is 13.4. The van der Waals surface area contributed by atoms with Crippen LogP contribution >= 0.6 is 0 Å². The maximum absolute atomic E-state index is 13.4. The number of carbonyl (C=O) groups excluding carboxylic acids is 1. The molecule has 1 amide bonds. The fraction of sp³-hybridized carbons (Fsp3) is 0.333. The summed E-state index contributed by atoms with van der Waals surface area (Å²) in [5.74, 6) is -0.140. The van der Waals surface area contributed by atoms with E-state index in [1.807, 2.05) is 0 Å². The number of anilines is 1. The smallest absolute Gasteiger partial charge is 0.216 e. The van der Waals surface area contributed by atoms with E-state index in [0.717, 1.165) is 11.1 Å². The van der Waals surface area contributed by atoms with Gasteiger partial charge in [0.25, 0.3) is 0 Å². The summed E-state index contributed by atoms with van der Waals surface area (Å²) >= 11 is 0. The minimum absolute atomic E-state index is 0.0585. The Balaban J connectivity index is 1.65. The molecule has 1 aliphatic carbocycles. The minimum Gasteiger partial charge on any atom is -0.409 e. The van der Waals surface area contributed by atoms with Gasteiger partial charge in [-0.25, -0.2) is 9.02 Å². The van der Waals surface area contributed by atoms with E-state index in [4.69, 9.17) is 0 Å². The molecule has 0 saturated carbocycles. The molecule has 0 bridgehead atoms. The van der Waals surface area contributed by atoms with Crippen LogP contribution in [0.15, 0.2) is 28.0 Å². The van der Waals surface area contributed by atoms with E-state index in [9.17, 15) is 14.4 Å². The molecule has 0 radical (unpaired) electrons. The van der Waals surface area contributed by atoms with Crippen molar-refractivity contribution in [2.45, 2.75) is 19.4 Å². The third kappa shape index (κ3) is 3.67. The normalized spacial score (nSPS) is 15.9. The first-order valence-electron chi connectivity index (χ1n) is 7.66. The van der Waals surface area contributed by atoms with Gasteiger partial charge in [0.1, 0.15) is 5.82 Å². The van der Waals surface area contributed by atoms with E-state index in [1.54, 1.807) is 6.07 Å². The lowest BCUT2D eigenvalue weighted by Gasteiger charge is -2.31. The summed E-state index contributed by atoms with van der Waals surface area (Å²) in [6.45, 7) is 2.19. The van der Waals surface area contributed by atoms with Crippen molar-refractivity contribution in [3.8, 4) is 0 Å². The molecule has 0 saturated heterocycles. The summed E-state index contributed by atoms with van der Waals surface area (Å²) in [6, 6.07) is 4.39. The van der Waals surface area contributed by atoms with Gasteiger partial charge in [-0.05, 0) is 40.0 Å². The van der Waals surface area contributed by atoms with Gasteiger partial charge in [-0.3, -0.25) is 4.79 Å². The molecule has 1 aromatic heterocycles. The highest BCUT2D eigenvalue weighted by atomic mass is 19.1. The number of hydrogen-bond acceptors (Lipinski definition) is 7. The van der Waals surface area contributed by atoms with Gasteiger partial charge in [0, 0.05) is 20.0 Å². The van der Waals surface area contributed by atoms with Crippen molar-refractivity contribution in [2.75, 3.05) is 18.4 Å². The quantitative estimate of drug-likeness (QED) is 0.200. The second kappa shape index (κ2) is 7.16. The van der Waals surface area contributed by atoms with Gasteiger partial charge in [0.15, 0.2) is 11.5 Å². The Morgan fingerprint density at radius 2 is 2.28 bits per heavy atom. The average Bonchev–Trinajstić information content (AvgIpc) is 3.03. The molecule has 132 valence electrons. The van der Waals surface area contributed by atoms with Crippen molar-refractivity contribution in [1.29, 1.82) is 0 Å². The van der Waals surface area contributed by atoms with Gasteiger partial charge in [0.2, 0.25) is 11.7 Å². The molecule has 0 aliphatic heterocycles. The minimum atomic E-state index is -0.323. The Kier molecular flexibility index (Phi) is 4.78. The molecule has 1 aliphatic rings. The number of benzene rings is 1. The lowest BCUT2D eigenvalue weighted by molar-refractivity contribution is -0.118. The molecule has 1 atom stereocenters. The van der Waals surface area contributed by atoms with Crippen LogP contribution in [-0.2, 0) is 11.2 Å². The number of aromatic nitrogens is 2. The predicted octanol–water partition coefficient (Wildman–Crippen LogP) is 0.779. The van der Waals surface area contributed by atoms with Crippen molar-refractivity contribution in [3.05, 3.63) is 40.8 Å². The van der Waals surface area contributed by atoms with Gasteiger partial charge in [-0.15, -0.1) is 0 Å². The van der Waals surface area contributed by atoms with Gasteiger partial charge in [-0.2, -0.15) is 0 Å². The van der Waals surface area contributed by atoms with Crippen LogP contribution < -0.4 is 16.0 Å². The highest BCUT2D eigenvalue weighted by Crippen LogP contribution is 2.33. The predicted molar refractivity (Wildman–Crippen MR) is 85.8 cm³/mol. The van der Waals surface area contributed by atoms with Crippen LogP contribution in [0, 0.1) is 5.82 Å². The molecule has 10 heteroatoms. The van der Waals surface area contributed by atoms with Crippen LogP contribution in [0.4, 0.5) is 10.2 Å². The second-order valence-corrected chi connectivity index (χ2v) is 5.56. The number of amidine groups is 1. The zero-order valence-corrected chi connectivity index (χ0v) is 13.4. The summed E-state index contributed by atoms with van der Waals surface area (Å²) in [7, 11) is 0. The maximum atomic E-state index is 13.4. The van der Waals surface area contributed by atoms with Gasteiger partial charge >= 0.3 is 0 Å². The number of nitrogens with one attached hydrogen (secondary N) is 3. The van der Waals surface area contributed by atoms with E-state index in [1.165, 1.54) is 19.1 Å². The number of halogens is 1. The van der Waals surface area contributed by atoms with Crippen molar-refractivity contribution in [2.24, 2.45) is 5.16 Å². The third-order valence-corrected chi connectivity index (χ3v) is 3.82. The summed E-state index contributed by atoms with van der Waals surface area (Å²) in [4.78, 5) is 10.8. The summed E-state index contributed by atoms with van der Waals surface area (Å²) in [5.41, 5.74) is 2.02. The fourth-order valence-electron chi connectivity index (χ4n) is 2.59. The van der Waals surface area contributed by atoms with Crippen molar-refractivity contribution in [1.82, 2.24) is 20.9 Å². The topological polar surface area (TPSA) is 125 Å².